The largest absolute Gasteiger partial charge is 0.434 e. The zero-order valence-electron chi connectivity index (χ0n) is 14.0. The number of para-hydroxylation sites is 1. The average molecular weight is 373 g/mol. The van der Waals surface area contributed by atoms with Crippen LogP contribution in [-0.4, -0.2) is 24.4 Å². The van der Waals surface area contributed by atoms with Crippen molar-refractivity contribution in [3.8, 4) is 11.5 Å². The van der Waals surface area contributed by atoms with Gasteiger partial charge in [0.1, 0.15) is 11.5 Å². The molecule has 0 N–H and O–H groups in total. The standard InChI is InChI=1S/C19H13F2NO5/c1-11(23)25-13-6-4-5-12(9-13)10-15-18(24)27-17(22-15)14-7-2-3-8-16(14)26-19(20)21/h2-10,19H,1H3/b15-10-. The molecule has 0 unspecified atom stereocenters. The first-order chi connectivity index (χ1) is 12.9. The summed E-state index contributed by atoms with van der Waals surface area (Å²) < 4.78 is 39.6. The number of cyclic esters (lactones) is 1. The van der Waals surface area contributed by atoms with Crippen molar-refractivity contribution in [2.75, 3.05) is 0 Å². The number of halogens is 2. The Morgan fingerprint density at radius 2 is 1.96 bits per heavy atom. The van der Waals surface area contributed by atoms with Gasteiger partial charge in [0.05, 0.1) is 5.56 Å². The van der Waals surface area contributed by atoms with E-state index in [-0.39, 0.29) is 22.9 Å². The third kappa shape index (κ3) is 4.55. The molecule has 0 amide bonds. The first kappa shape index (κ1) is 18.2. The lowest BCUT2D eigenvalue weighted by Crippen LogP contribution is -2.10. The van der Waals surface area contributed by atoms with Crippen molar-refractivity contribution in [1.29, 1.82) is 0 Å². The number of ether oxygens (including phenoxy) is 3. The highest BCUT2D eigenvalue weighted by Gasteiger charge is 2.27. The van der Waals surface area contributed by atoms with Gasteiger partial charge in [0.15, 0.2) is 5.70 Å². The predicted molar refractivity (Wildman–Crippen MR) is 91.4 cm³/mol. The average Bonchev–Trinajstić information content (AvgIpc) is 2.95. The predicted octanol–water partition coefficient (Wildman–Crippen LogP) is 3.56. The summed E-state index contributed by atoms with van der Waals surface area (Å²) in [6.45, 7) is -1.75. The zero-order valence-corrected chi connectivity index (χ0v) is 14.0. The van der Waals surface area contributed by atoms with Gasteiger partial charge < -0.3 is 14.2 Å². The molecule has 0 radical (unpaired) electrons. The molecule has 3 rings (SSSR count). The summed E-state index contributed by atoms with van der Waals surface area (Å²) >= 11 is 0. The van der Waals surface area contributed by atoms with Gasteiger partial charge in [-0.3, -0.25) is 4.79 Å². The van der Waals surface area contributed by atoms with Crippen LogP contribution < -0.4 is 9.47 Å². The minimum atomic E-state index is -3.03. The maximum atomic E-state index is 12.5. The molecule has 0 bridgehead atoms. The van der Waals surface area contributed by atoms with Gasteiger partial charge in [-0.1, -0.05) is 24.3 Å². The monoisotopic (exact) mass is 373 g/mol. The van der Waals surface area contributed by atoms with Crippen molar-refractivity contribution >= 4 is 23.9 Å². The van der Waals surface area contributed by atoms with E-state index in [1.165, 1.54) is 31.2 Å². The summed E-state index contributed by atoms with van der Waals surface area (Å²) in [5.74, 6) is -1.20. The van der Waals surface area contributed by atoms with Crippen LogP contribution in [0.4, 0.5) is 8.78 Å². The Bertz CT molecular complexity index is 953. The molecule has 2 aromatic rings. The number of nitrogens with zero attached hydrogens (tertiary/aromatic N) is 1. The topological polar surface area (TPSA) is 74.2 Å². The minimum absolute atomic E-state index is 0.0307. The summed E-state index contributed by atoms with van der Waals surface area (Å²) in [5.41, 5.74) is 0.642. The molecule has 0 fully saturated rings. The second-order valence-electron chi connectivity index (χ2n) is 5.38. The summed E-state index contributed by atoms with van der Waals surface area (Å²) in [5, 5.41) is 0. The van der Waals surface area contributed by atoms with E-state index < -0.39 is 18.6 Å². The van der Waals surface area contributed by atoms with E-state index in [0.717, 1.165) is 0 Å². The van der Waals surface area contributed by atoms with E-state index in [4.69, 9.17) is 9.47 Å². The Morgan fingerprint density at radius 1 is 1.19 bits per heavy atom. The molecule has 1 heterocycles. The first-order valence-electron chi connectivity index (χ1n) is 7.77. The van der Waals surface area contributed by atoms with Crippen LogP contribution in [0.3, 0.4) is 0 Å². The number of hydrogen-bond donors (Lipinski definition) is 0. The Balaban J connectivity index is 1.91. The maximum absolute atomic E-state index is 12.5. The SMILES string of the molecule is CC(=O)Oc1cccc(/C=C2\N=C(c3ccccc3OC(F)F)OC2=O)c1. The molecule has 0 aliphatic carbocycles. The van der Waals surface area contributed by atoms with Gasteiger partial charge >= 0.3 is 18.6 Å². The smallest absolute Gasteiger partial charge is 0.387 e. The van der Waals surface area contributed by atoms with Crippen LogP contribution in [0, 0.1) is 0 Å². The van der Waals surface area contributed by atoms with Crippen LogP contribution >= 0.6 is 0 Å². The van der Waals surface area contributed by atoms with Gasteiger partial charge in [0.25, 0.3) is 0 Å². The normalized spacial score (nSPS) is 14.9. The first-order valence-corrected chi connectivity index (χ1v) is 7.77. The van der Waals surface area contributed by atoms with Crippen molar-refractivity contribution in [3.05, 3.63) is 65.4 Å². The lowest BCUT2D eigenvalue weighted by Gasteiger charge is -2.08. The molecular formula is C19H13F2NO5. The van der Waals surface area contributed by atoms with Crippen LogP contribution in [0.25, 0.3) is 6.08 Å². The highest BCUT2D eigenvalue weighted by molar-refractivity contribution is 6.13. The molecule has 0 saturated carbocycles. The Morgan fingerprint density at radius 3 is 2.70 bits per heavy atom. The Hall–Kier alpha value is -3.55. The van der Waals surface area contributed by atoms with Crippen LogP contribution in [0.2, 0.25) is 0 Å². The minimum Gasteiger partial charge on any atom is -0.434 e. The molecule has 138 valence electrons. The van der Waals surface area contributed by atoms with Crippen molar-refractivity contribution < 1.29 is 32.6 Å². The lowest BCUT2D eigenvalue weighted by atomic mass is 10.2. The third-order valence-corrected chi connectivity index (χ3v) is 3.38. The van der Waals surface area contributed by atoms with E-state index in [1.807, 2.05) is 0 Å². The van der Waals surface area contributed by atoms with E-state index in [1.54, 1.807) is 30.3 Å². The van der Waals surface area contributed by atoms with Gasteiger partial charge in [-0.25, -0.2) is 9.79 Å². The molecule has 27 heavy (non-hydrogen) atoms. The fourth-order valence-corrected chi connectivity index (χ4v) is 2.36. The number of aliphatic imine (C=N–C) groups is 1. The summed E-state index contributed by atoms with van der Waals surface area (Å²) in [7, 11) is 0. The van der Waals surface area contributed by atoms with Crippen LogP contribution in [0.15, 0.2) is 59.2 Å². The number of esters is 2. The van der Waals surface area contributed by atoms with Crippen molar-refractivity contribution in [3.63, 3.8) is 0 Å². The molecule has 2 aromatic carbocycles. The molecule has 1 aliphatic heterocycles. The summed E-state index contributed by atoms with van der Waals surface area (Å²) in [4.78, 5) is 27.2. The van der Waals surface area contributed by atoms with E-state index in [0.29, 0.717) is 11.3 Å². The molecule has 0 atom stereocenters. The molecular weight excluding hydrogens is 360 g/mol. The second kappa shape index (κ2) is 7.77. The third-order valence-electron chi connectivity index (χ3n) is 3.38. The van der Waals surface area contributed by atoms with Crippen molar-refractivity contribution in [1.82, 2.24) is 0 Å². The molecule has 0 aromatic heterocycles. The van der Waals surface area contributed by atoms with Gasteiger partial charge in [0, 0.05) is 6.92 Å². The fourth-order valence-electron chi connectivity index (χ4n) is 2.36. The summed E-state index contributed by atoms with van der Waals surface area (Å²) in [6, 6.07) is 12.3. The quantitative estimate of drug-likeness (QED) is 0.455. The van der Waals surface area contributed by atoms with Gasteiger partial charge in [-0.2, -0.15) is 8.78 Å². The highest BCUT2D eigenvalue weighted by atomic mass is 19.3. The maximum Gasteiger partial charge on any atom is 0.387 e. The lowest BCUT2D eigenvalue weighted by molar-refractivity contribution is -0.132. The molecule has 1 aliphatic rings. The van der Waals surface area contributed by atoms with Crippen LogP contribution in [0.5, 0.6) is 11.5 Å². The number of carbonyl (C=O) groups is 2. The highest BCUT2D eigenvalue weighted by Crippen LogP contribution is 2.26. The van der Waals surface area contributed by atoms with E-state index in [9.17, 15) is 18.4 Å². The Labute approximate surface area is 152 Å². The summed E-state index contributed by atoms with van der Waals surface area (Å²) in [6.07, 6.45) is 1.43. The van der Waals surface area contributed by atoms with E-state index in [2.05, 4.69) is 9.73 Å². The van der Waals surface area contributed by atoms with Gasteiger partial charge in [-0.15, -0.1) is 0 Å². The van der Waals surface area contributed by atoms with Crippen molar-refractivity contribution in [2.24, 2.45) is 4.99 Å². The van der Waals surface area contributed by atoms with E-state index >= 15 is 0 Å². The number of rotatable bonds is 5. The fraction of sp³-hybridized carbons (Fsp3) is 0.105. The second-order valence-corrected chi connectivity index (χ2v) is 5.38. The van der Waals surface area contributed by atoms with Crippen LogP contribution in [0.1, 0.15) is 18.1 Å². The zero-order chi connectivity index (χ0) is 19.4. The number of hydrogen-bond acceptors (Lipinski definition) is 6. The molecule has 8 heteroatoms. The molecule has 0 saturated heterocycles. The van der Waals surface area contributed by atoms with Gasteiger partial charge in [0.2, 0.25) is 5.90 Å². The van der Waals surface area contributed by atoms with Crippen molar-refractivity contribution in [2.45, 2.75) is 13.5 Å². The Kier molecular flexibility index (Phi) is 5.25. The number of alkyl halides is 2. The van der Waals surface area contributed by atoms with Gasteiger partial charge in [-0.05, 0) is 35.9 Å². The number of carbonyl (C=O) groups excluding carboxylic acids is 2. The molecule has 0 spiro atoms. The number of benzene rings is 2. The van der Waals surface area contributed by atoms with Crippen LogP contribution in [-0.2, 0) is 14.3 Å². The molecule has 6 nitrogen and oxygen atoms in total.